The first-order valence-corrected chi connectivity index (χ1v) is 8.58. The van der Waals surface area contributed by atoms with Crippen LogP contribution >= 0.6 is 11.6 Å². The molecule has 1 heterocycles. The number of fused-ring (bicyclic) bond motifs is 2. The average molecular weight is 339 g/mol. The summed E-state index contributed by atoms with van der Waals surface area (Å²) in [5.41, 5.74) is 1.06. The predicted molar refractivity (Wildman–Crippen MR) is 89.5 cm³/mol. The number of rotatable bonds is 1. The van der Waals surface area contributed by atoms with Crippen molar-refractivity contribution in [2.24, 2.45) is 11.8 Å². The monoisotopic (exact) mass is 338 g/mol. The Hall–Kier alpha value is -2.13. The van der Waals surface area contributed by atoms with Gasteiger partial charge in [-0.2, -0.15) is 0 Å². The molecule has 1 spiro atoms. The van der Waals surface area contributed by atoms with Crippen LogP contribution in [0, 0.1) is 11.8 Å². The number of benzene rings is 2. The first kappa shape index (κ1) is 14.2. The molecule has 0 N–H and O–H groups in total. The van der Waals surface area contributed by atoms with E-state index in [4.69, 9.17) is 16.3 Å². The summed E-state index contributed by atoms with van der Waals surface area (Å²) >= 11 is 5.96. The number of ether oxygens (including phenoxy) is 1. The van der Waals surface area contributed by atoms with Crippen LogP contribution in [-0.4, -0.2) is 17.2 Å². The van der Waals surface area contributed by atoms with Gasteiger partial charge in [-0.3, -0.25) is 9.59 Å². The van der Waals surface area contributed by atoms with Gasteiger partial charge in [0.05, 0.1) is 17.4 Å². The van der Waals surface area contributed by atoms with E-state index in [9.17, 15) is 9.59 Å². The highest BCUT2D eigenvalue weighted by atomic mass is 35.5. The van der Waals surface area contributed by atoms with Gasteiger partial charge in [-0.15, -0.1) is 0 Å². The van der Waals surface area contributed by atoms with Gasteiger partial charge in [0, 0.05) is 11.4 Å². The third kappa shape index (κ3) is 1.79. The predicted octanol–water partition coefficient (Wildman–Crippen LogP) is 4.05. The molecule has 0 amide bonds. The van der Waals surface area contributed by atoms with E-state index in [1.807, 2.05) is 42.5 Å². The Labute approximate surface area is 144 Å². The first-order valence-electron chi connectivity index (χ1n) is 8.20. The lowest BCUT2D eigenvalue weighted by Crippen LogP contribution is -2.36. The molecule has 5 rings (SSSR count). The molecular formula is C20H15ClO3. The van der Waals surface area contributed by atoms with Crippen LogP contribution in [0.4, 0.5) is 0 Å². The minimum absolute atomic E-state index is 0.0620. The van der Waals surface area contributed by atoms with Crippen molar-refractivity contribution in [1.82, 2.24) is 0 Å². The smallest absolute Gasteiger partial charge is 0.174 e. The Balaban J connectivity index is 1.53. The second-order valence-electron chi connectivity index (χ2n) is 7.00. The normalized spacial score (nSPS) is 33.1. The Kier molecular flexibility index (Phi) is 2.79. The molecule has 120 valence electrons. The number of carbonyl (C=O) groups is 2. The van der Waals surface area contributed by atoms with E-state index < -0.39 is 5.60 Å². The van der Waals surface area contributed by atoms with E-state index in [0.717, 1.165) is 5.56 Å². The molecule has 24 heavy (non-hydrogen) atoms. The molecule has 2 aliphatic carbocycles. The Bertz CT molecular complexity index is 873. The number of para-hydroxylation sites is 1. The van der Waals surface area contributed by atoms with Crippen molar-refractivity contribution >= 4 is 23.2 Å². The van der Waals surface area contributed by atoms with E-state index >= 15 is 0 Å². The fraction of sp³-hybridized carbons (Fsp3) is 0.300. The minimum atomic E-state index is -0.634. The summed E-state index contributed by atoms with van der Waals surface area (Å²) in [6.07, 6.45) is 1.17. The van der Waals surface area contributed by atoms with Crippen molar-refractivity contribution in [3.63, 3.8) is 0 Å². The van der Waals surface area contributed by atoms with E-state index in [-0.39, 0.29) is 29.3 Å². The largest absolute Gasteiger partial charge is 0.485 e. The lowest BCUT2D eigenvalue weighted by molar-refractivity contribution is -0.123. The molecule has 3 nitrogen and oxygen atoms in total. The van der Waals surface area contributed by atoms with Gasteiger partial charge in [-0.25, -0.2) is 0 Å². The standard InChI is InChI=1S/C20H15ClO3/c21-13-7-5-11(6-8-13)12-9-15(22)17-18-19(23)14-3-1-2-4-16(14)24-20(17,18)10-12/h1-8,12,17-18H,9-10H2. The maximum atomic E-state index is 12.8. The number of hydrogen-bond donors (Lipinski definition) is 0. The van der Waals surface area contributed by atoms with Crippen molar-refractivity contribution in [3.05, 3.63) is 64.7 Å². The molecule has 2 aromatic rings. The van der Waals surface area contributed by atoms with Gasteiger partial charge < -0.3 is 4.74 Å². The summed E-state index contributed by atoms with van der Waals surface area (Å²) in [6.45, 7) is 0. The lowest BCUT2D eigenvalue weighted by atomic mass is 9.81. The van der Waals surface area contributed by atoms with E-state index in [1.165, 1.54) is 0 Å². The van der Waals surface area contributed by atoms with E-state index in [2.05, 4.69) is 0 Å². The molecule has 4 atom stereocenters. The van der Waals surface area contributed by atoms with Gasteiger partial charge in [-0.05, 0) is 42.2 Å². The van der Waals surface area contributed by atoms with E-state index in [1.54, 1.807) is 6.07 Å². The zero-order valence-corrected chi connectivity index (χ0v) is 13.6. The van der Waals surface area contributed by atoms with Crippen LogP contribution in [0.2, 0.25) is 5.02 Å². The Morgan fingerprint density at radius 3 is 2.54 bits per heavy atom. The van der Waals surface area contributed by atoms with Crippen LogP contribution < -0.4 is 4.74 Å². The fourth-order valence-electron chi connectivity index (χ4n) is 4.60. The van der Waals surface area contributed by atoms with Crippen molar-refractivity contribution in [2.45, 2.75) is 24.4 Å². The second-order valence-corrected chi connectivity index (χ2v) is 7.43. The zero-order valence-electron chi connectivity index (χ0n) is 12.9. The second kappa shape index (κ2) is 4.70. The number of hydrogen-bond acceptors (Lipinski definition) is 3. The molecule has 4 heteroatoms. The quantitative estimate of drug-likeness (QED) is 0.788. The van der Waals surface area contributed by atoms with Gasteiger partial charge >= 0.3 is 0 Å². The Morgan fingerprint density at radius 1 is 1.00 bits per heavy atom. The minimum Gasteiger partial charge on any atom is -0.485 e. The molecule has 3 aliphatic rings. The molecule has 2 saturated carbocycles. The summed E-state index contributed by atoms with van der Waals surface area (Å²) in [6, 6.07) is 14.9. The number of Topliss-reactive ketones (excluding diaryl/α,β-unsaturated/α-hetero) is 2. The van der Waals surface area contributed by atoms with Crippen molar-refractivity contribution in [2.75, 3.05) is 0 Å². The maximum Gasteiger partial charge on any atom is 0.174 e. The van der Waals surface area contributed by atoms with Gasteiger partial charge in [-0.1, -0.05) is 35.9 Å². The number of halogens is 1. The molecule has 2 aromatic carbocycles. The van der Waals surface area contributed by atoms with Crippen LogP contribution in [0.1, 0.15) is 34.7 Å². The van der Waals surface area contributed by atoms with Crippen LogP contribution in [0.3, 0.4) is 0 Å². The van der Waals surface area contributed by atoms with Gasteiger partial charge in [0.25, 0.3) is 0 Å². The number of ketones is 2. The fourth-order valence-corrected chi connectivity index (χ4v) is 4.73. The third-order valence-electron chi connectivity index (χ3n) is 5.71. The molecule has 2 fully saturated rings. The van der Waals surface area contributed by atoms with Gasteiger partial charge in [0.1, 0.15) is 17.1 Å². The summed E-state index contributed by atoms with van der Waals surface area (Å²) in [4.78, 5) is 25.5. The van der Waals surface area contributed by atoms with Gasteiger partial charge in [0.2, 0.25) is 0 Å². The first-order chi connectivity index (χ1) is 11.6. The average Bonchev–Trinajstić information content (AvgIpc) is 3.25. The molecule has 0 bridgehead atoms. The maximum absolute atomic E-state index is 12.8. The summed E-state index contributed by atoms with van der Waals surface area (Å²) in [7, 11) is 0. The van der Waals surface area contributed by atoms with Crippen molar-refractivity contribution in [1.29, 1.82) is 0 Å². The molecule has 4 unspecified atom stereocenters. The Morgan fingerprint density at radius 2 is 1.75 bits per heavy atom. The topological polar surface area (TPSA) is 43.4 Å². The molecule has 0 radical (unpaired) electrons. The van der Waals surface area contributed by atoms with Crippen molar-refractivity contribution in [3.8, 4) is 5.75 Å². The SMILES string of the molecule is O=C1CC(c2ccc(Cl)cc2)CC23Oc4ccccc4C(=O)C2C13. The summed E-state index contributed by atoms with van der Waals surface area (Å²) < 4.78 is 6.25. The van der Waals surface area contributed by atoms with Crippen molar-refractivity contribution < 1.29 is 14.3 Å². The number of carbonyl (C=O) groups excluding carboxylic acids is 2. The highest BCUT2D eigenvalue weighted by Crippen LogP contribution is 2.65. The summed E-state index contributed by atoms with van der Waals surface area (Å²) in [5.74, 6) is 0.317. The van der Waals surface area contributed by atoms with Crippen LogP contribution in [0.25, 0.3) is 0 Å². The zero-order chi connectivity index (χ0) is 16.5. The molecule has 0 aromatic heterocycles. The van der Waals surface area contributed by atoms with E-state index in [0.29, 0.717) is 29.2 Å². The van der Waals surface area contributed by atoms with Crippen LogP contribution in [-0.2, 0) is 4.79 Å². The highest BCUT2D eigenvalue weighted by Gasteiger charge is 2.77. The van der Waals surface area contributed by atoms with Crippen LogP contribution in [0.15, 0.2) is 48.5 Å². The molecule has 1 aliphatic heterocycles. The molecular weight excluding hydrogens is 324 g/mol. The lowest BCUT2D eigenvalue weighted by Gasteiger charge is -2.31. The van der Waals surface area contributed by atoms with Gasteiger partial charge in [0.15, 0.2) is 5.78 Å². The summed E-state index contributed by atoms with van der Waals surface area (Å²) in [5, 5.41) is 0.680. The molecule has 0 saturated heterocycles. The highest BCUT2D eigenvalue weighted by molar-refractivity contribution is 6.30. The third-order valence-corrected chi connectivity index (χ3v) is 5.97. The van der Waals surface area contributed by atoms with Crippen LogP contribution in [0.5, 0.6) is 5.75 Å².